The second-order valence-electron chi connectivity index (χ2n) is 5.93. The number of nitrogens with one attached hydrogen (secondary N) is 2. The number of hydrogen-bond acceptors (Lipinski definition) is 3. The summed E-state index contributed by atoms with van der Waals surface area (Å²) in [5.74, 6) is 0.558. The van der Waals surface area contributed by atoms with Gasteiger partial charge in [-0.15, -0.1) is 0 Å². The third-order valence-electron chi connectivity index (χ3n) is 4.16. The maximum Gasteiger partial charge on any atom is 0.253 e. The molecular formula is C18H15BrClN3O2. The largest absolute Gasteiger partial charge is 0.368 e. The first-order chi connectivity index (χ1) is 12.1. The number of H-pyrrole nitrogens is 1. The molecule has 0 spiro atoms. The lowest BCUT2D eigenvalue weighted by Crippen LogP contribution is -2.26. The quantitative estimate of drug-likeness (QED) is 0.642. The van der Waals surface area contributed by atoms with Crippen LogP contribution in [0.15, 0.2) is 40.9 Å². The maximum absolute atomic E-state index is 12.3. The van der Waals surface area contributed by atoms with Gasteiger partial charge in [0.05, 0.1) is 21.7 Å². The fourth-order valence-corrected chi connectivity index (χ4v) is 3.41. The molecule has 0 radical (unpaired) electrons. The molecule has 5 nitrogen and oxygen atoms in total. The number of rotatable bonds is 3. The lowest BCUT2D eigenvalue weighted by molar-refractivity contribution is -0.124. The topological polar surface area (TPSA) is 67.0 Å². The van der Waals surface area contributed by atoms with E-state index in [2.05, 4.69) is 31.2 Å². The molecule has 0 bridgehead atoms. The van der Waals surface area contributed by atoms with Crippen LogP contribution in [0.1, 0.15) is 12.8 Å². The number of fused-ring (bicyclic) bond motifs is 1. The van der Waals surface area contributed by atoms with E-state index in [9.17, 15) is 4.79 Å². The fourth-order valence-electron chi connectivity index (χ4n) is 2.88. The number of hydrogen-bond donors (Lipinski definition) is 2. The van der Waals surface area contributed by atoms with Crippen molar-refractivity contribution in [3.05, 3.63) is 45.9 Å². The van der Waals surface area contributed by atoms with Gasteiger partial charge in [-0.05, 0) is 49.2 Å². The Balaban J connectivity index is 1.64. The summed E-state index contributed by atoms with van der Waals surface area (Å²) in [6.07, 6.45) is 1.24. The first-order valence-electron chi connectivity index (χ1n) is 7.98. The molecule has 1 aliphatic rings. The van der Waals surface area contributed by atoms with Crippen molar-refractivity contribution in [2.24, 2.45) is 0 Å². The molecule has 1 atom stereocenters. The molecular weight excluding hydrogens is 406 g/mol. The van der Waals surface area contributed by atoms with Crippen LogP contribution in [0.4, 0.5) is 5.69 Å². The van der Waals surface area contributed by atoms with Crippen LogP contribution >= 0.6 is 27.5 Å². The molecule has 0 saturated carbocycles. The van der Waals surface area contributed by atoms with Crippen LogP contribution in [0.3, 0.4) is 0 Å². The van der Waals surface area contributed by atoms with Gasteiger partial charge < -0.3 is 15.0 Å². The van der Waals surface area contributed by atoms with E-state index in [1.54, 1.807) is 6.07 Å². The van der Waals surface area contributed by atoms with E-state index in [1.165, 1.54) is 0 Å². The number of imidazole rings is 1. The minimum atomic E-state index is -0.400. The van der Waals surface area contributed by atoms with Crippen molar-refractivity contribution >= 4 is 50.2 Å². The molecule has 2 aromatic carbocycles. The molecule has 1 fully saturated rings. The molecule has 2 heterocycles. The summed E-state index contributed by atoms with van der Waals surface area (Å²) in [6, 6.07) is 11.3. The molecule has 128 valence electrons. The van der Waals surface area contributed by atoms with Crippen LogP contribution in [0.5, 0.6) is 0 Å². The SMILES string of the molecule is O=C(Nc1cc(-c2nc3ccc(Br)cc3[nH]2)ccc1Cl)[C@H]1CCCO1. The molecule has 1 aromatic heterocycles. The molecule has 0 unspecified atom stereocenters. The average molecular weight is 421 g/mol. The molecule has 25 heavy (non-hydrogen) atoms. The van der Waals surface area contributed by atoms with Crippen molar-refractivity contribution in [3.63, 3.8) is 0 Å². The van der Waals surface area contributed by atoms with Crippen molar-refractivity contribution in [3.8, 4) is 11.4 Å². The van der Waals surface area contributed by atoms with E-state index in [1.807, 2.05) is 30.3 Å². The van der Waals surface area contributed by atoms with Crippen LogP contribution in [0.25, 0.3) is 22.4 Å². The molecule has 7 heteroatoms. The van der Waals surface area contributed by atoms with Crippen LogP contribution in [-0.2, 0) is 9.53 Å². The molecule has 1 saturated heterocycles. The van der Waals surface area contributed by atoms with Crippen molar-refractivity contribution < 1.29 is 9.53 Å². The summed E-state index contributed by atoms with van der Waals surface area (Å²) < 4.78 is 6.40. The van der Waals surface area contributed by atoms with E-state index in [0.717, 1.165) is 39.7 Å². The molecule has 1 aliphatic heterocycles. The molecule has 3 aromatic rings. The number of nitrogens with zero attached hydrogens (tertiary/aromatic N) is 1. The lowest BCUT2D eigenvalue weighted by atomic mass is 10.1. The maximum atomic E-state index is 12.3. The predicted molar refractivity (Wildman–Crippen MR) is 102 cm³/mol. The summed E-state index contributed by atoms with van der Waals surface area (Å²) in [6.45, 7) is 0.625. The second kappa shape index (κ2) is 6.78. The lowest BCUT2D eigenvalue weighted by Gasteiger charge is -2.12. The van der Waals surface area contributed by atoms with Crippen LogP contribution < -0.4 is 5.32 Å². The van der Waals surface area contributed by atoms with Crippen molar-refractivity contribution in [2.75, 3.05) is 11.9 Å². The highest BCUT2D eigenvalue weighted by atomic mass is 79.9. The van der Waals surface area contributed by atoms with E-state index in [-0.39, 0.29) is 5.91 Å². The zero-order valence-electron chi connectivity index (χ0n) is 13.2. The van der Waals surface area contributed by atoms with Gasteiger partial charge in [0.25, 0.3) is 5.91 Å². The van der Waals surface area contributed by atoms with Gasteiger partial charge in [-0.25, -0.2) is 4.98 Å². The number of anilines is 1. The van der Waals surface area contributed by atoms with E-state index < -0.39 is 6.10 Å². The average Bonchev–Trinajstić information content (AvgIpc) is 3.25. The Bertz CT molecular complexity index is 951. The smallest absolute Gasteiger partial charge is 0.253 e. The predicted octanol–water partition coefficient (Wildman–Crippen LogP) is 4.76. The summed E-state index contributed by atoms with van der Waals surface area (Å²) >= 11 is 9.70. The summed E-state index contributed by atoms with van der Waals surface area (Å²) in [5.41, 5.74) is 3.21. The summed E-state index contributed by atoms with van der Waals surface area (Å²) in [5, 5.41) is 3.34. The Hall–Kier alpha value is -1.89. The number of aromatic nitrogens is 2. The van der Waals surface area contributed by atoms with Gasteiger partial charge in [-0.2, -0.15) is 0 Å². The van der Waals surface area contributed by atoms with Crippen molar-refractivity contribution in [1.82, 2.24) is 9.97 Å². The first kappa shape index (κ1) is 16.6. The number of ether oxygens (including phenoxy) is 1. The zero-order chi connectivity index (χ0) is 17.4. The normalized spacial score (nSPS) is 17.1. The fraction of sp³-hybridized carbons (Fsp3) is 0.222. The first-order valence-corrected chi connectivity index (χ1v) is 9.15. The van der Waals surface area contributed by atoms with Gasteiger partial charge in [0.2, 0.25) is 0 Å². The molecule has 4 rings (SSSR count). The van der Waals surface area contributed by atoms with Crippen LogP contribution in [0, 0.1) is 0 Å². The highest BCUT2D eigenvalue weighted by molar-refractivity contribution is 9.10. The highest BCUT2D eigenvalue weighted by Gasteiger charge is 2.24. The monoisotopic (exact) mass is 419 g/mol. The van der Waals surface area contributed by atoms with Gasteiger partial charge in [-0.3, -0.25) is 4.79 Å². The summed E-state index contributed by atoms with van der Waals surface area (Å²) in [7, 11) is 0. The van der Waals surface area contributed by atoms with Crippen LogP contribution in [-0.4, -0.2) is 28.6 Å². The van der Waals surface area contributed by atoms with E-state index >= 15 is 0 Å². The second-order valence-corrected chi connectivity index (χ2v) is 7.26. The van der Waals surface area contributed by atoms with Crippen molar-refractivity contribution in [2.45, 2.75) is 18.9 Å². The third kappa shape index (κ3) is 3.42. The summed E-state index contributed by atoms with van der Waals surface area (Å²) in [4.78, 5) is 20.2. The van der Waals surface area contributed by atoms with Gasteiger partial charge in [0, 0.05) is 16.6 Å². The Morgan fingerprint density at radius 2 is 2.20 bits per heavy atom. The number of halogens is 2. The Kier molecular flexibility index (Phi) is 4.50. The Morgan fingerprint density at radius 1 is 1.32 bits per heavy atom. The molecule has 1 amide bonds. The van der Waals surface area contributed by atoms with Gasteiger partial charge in [-0.1, -0.05) is 27.5 Å². The van der Waals surface area contributed by atoms with Gasteiger partial charge in [0.15, 0.2) is 0 Å². The molecule has 0 aliphatic carbocycles. The minimum Gasteiger partial charge on any atom is -0.368 e. The zero-order valence-corrected chi connectivity index (χ0v) is 15.5. The Morgan fingerprint density at radius 3 is 3.00 bits per heavy atom. The van der Waals surface area contributed by atoms with Gasteiger partial charge >= 0.3 is 0 Å². The number of carbonyl (C=O) groups is 1. The minimum absolute atomic E-state index is 0.162. The van der Waals surface area contributed by atoms with E-state index in [4.69, 9.17) is 16.3 Å². The number of carbonyl (C=O) groups excluding carboxylic acids is 1. The number of aromatic amines is 1. The van der Waals surface area contributed by atoms with Crippen LogP contribution in [0.2, 0.25) is 5.02 Å². The molecule has 2 N–H and O–H groups in total. The Labute approximate surface area is 157 Å². The highest BCUT2D eigenvalue weighted by Crippen LogP contribution is 2.30. The van der Waals surface area contributed by atoms with Gasteiger partial charge in [0.1, 0.15) is 11.9 Å². The third-order valence-corrected chi connectivity index (χ3v) is 4.99. The van der Waals surface area contributed by atoms with Crippen molar-refractivity contribution in [1.29, 1.82) is 0 Å². The number of amides is 1. The standard InChI is InChI=1S/C18H15BrClN3O2/c19-11-4-6-13-15(9-11)22-17(21-13)10-3-5-12(20)14(8-10)23-18(24)16-2-1-7-25-16/h3-6,8-9,16H,1-2,7H2,(H,21,22)(H,23,24)/t16-/m1/s1. The number of benzene rings is 2. The van der Waals surface area contributed by atoms with E-state index in [0.29, 0.717) is 17.3 Å².